The van der Waals surface area contributed by atoms with E-state index < -0.39 is 33.9 Å². The highest BCUT2D eigenvalue weighted by atomic mass is 16.5. The number of quaternary nitrogens is 1. The van der Waals surface area contributed by atoms with Crippen molar-refractivity contribution in [2.45, 2.75) is 57.8 Å². The van der Waals surface area contributed by atoms with Gasteiger partial charge in [-0.05, 0) is 20.8 Å². The van der Waals surface area contributed by atoms with Gasteiger partial charge in [0.2, 0.25) is 11.8 Å². The van der Waals surface area contributed by atoms with E-state index in [1.807, 2.05) is 0 Å². The van der Waals surface area contributed by atoms with Gasteiger partial charge in [0.15, 0.2) is 0 Å². The van der Waals surface area contributed by atoms with Crippen molar-refractivity contribution in [3.05, 3.63) is 0 Å². The van der Waals surface area contributed by atoms with E-state index in [0.717, 1.165) is 0 Å². The maximum atomic E-state index is 11.9. The standard InChI is InChI=1S/C12H21NO5/c1-11(2,3)13(10(16)17)8(18-5)6-7-12(13,4)9(14)15/h8H,6-7H2,1-5H3,(H-,14,15,16,17)/p+1. The normalized spacial score (nSPS) is 36.6. The summed E-state index contributed by atoms with van der Waals surface area (Å²) in [4.78, 5) is 23.5. The van der Waals surface area contributed by atoms with Crippen molar-refractivity contribution in [3.8, 4) is 0 Å². The van der Waals surface area contributed by atoms with E-state index in [2.05, 4.69) is 0 Å². The van der Waals surface area contributed by atoms with Crippen molar-refractivity contribution < 1.29 is 29.0 Å². The Morgan fingerprint density at radius 3 is 2.11 bits per heavy atom. The van der Waals surface area contributed by atoms with Crippen LogP contribution in [0.4, 0.5) is 4.79 Å². The van der Waals surface area contributed by atoms with Crippen LogP contribution < -0.4 is 0 Å². The summed E-state index contributed by atoms with van der Waals surface area (Å²) in [6.07, 6.45) is -1.10. The van der Waals surface area contributed by atoms with Gasteiger partial charge < -0.3 is 14.9 Å². The van der Waals surface area contributed by atoms with Gasteiger partial charge in [-0.1, -0.05) is 0 Å². The number of carboxylic acids is 1. The van der Waals surface area contributed by atoms with Crippen LogP contribution in [0.15, 0.2) is 0 Å². The highest BCUT2D eigenvalue weighted by Gasteiger charge is 2.72. The lowest BCUT2D eigenvalue weighted by atomic mass is 9.90. The molecular formula is C12H22NO5+. The van der Waals surface area contributed by atoms with Gasteiger partial charge in [0.05, 0.1) is 0 Å². The zero-order chi connectivity index (χ0) is 14.4. The molecule has 104 valence electrons. The number of aliphatic carboxylic acids is 1. The number of amides is 1. The van der Waals surface area contributed by atoms with Crippen molar-refractivity contribution in [1.82, 2.24) is 0 Å². The number of hydrogen-bond acceptors (Lipinski definition) is 3. The fraction of sp³-hybridized carbons (Fsp3) is 0.833. The molecule has 1 aliphatic rings. The maximum absolute atomic E-state index is 11.9. The maximum Gasteiger partial charge on any atom is 0.517 e. The molecule has 3 atom stereocenters. The van der Waals surface area contributed by atoms with Crippen LogP contribution in [0.1, 0.15) is 40.5 Å². The number of ether oxygens (including phenoxy) is 1. The Hall–Kier alpha value is -1.14. The van der Waals surface area contributed by atoms with Crippen molar-refractivity contribution >= 4 is 12.1 Å². The first-order valence-electron chi connectivity index (χ1n) is 5.94. The molecular weight excluding hydrogens is 238 g/mol. The topological polar surface area (TPSA) is 83.8 Å². The van der Waals surface area contributed by atoms with E-state index >= 15 is 0 Å². The molecule has 1 aliphatic heterocycles. The van der Waals surface area contributed by atoms with Crippen LogP contribution in [0, 0.1) is 0 Å². The molecule has 1 heterocycles. The predicted octanol–water partition coefficient (Wildman–Crippen LogP) is 1.89. The lowest BCUT2D eigenvalue weighted by Crippen LogP contribution is -2.76. The second kappa shape index (κ2) is 4.20. The molecule has 3 unspecified atom stereocenters. The first-order valence-corrected chi connectivity index (χ1v) is 5.94. The first-order chi connectivity index (χ1) is 8.05. The molecule has 0 aromatic rings. The average Bonchev–Trinajstić information content (AvgIpc) is 2.52. The van der Waals surface area contributed by atoms with Crippen molar-refractivity contribution in [2.24, 2.45) is 0 Å². The van der Waals surface area contributed by atoms with Crippen LogP contribution in [-0.4, -0.2) is 51.2 Å². The van der Waals surface area contributed by atoms with Gasteiger partial charge in [0.25, 0.3) is 0 Å². The lowest BCUT2D eigenvalue weighted by Gasteiger charge is -2.50. The molecule has 0 radical (unpaired) electrons. The molecule has 0 aromatic carbocycles. The third-order valence-corrected chi connectivity index (χ3v) is 4.18. The second-order valence-electron chi connectivity index (χ2n) is 5.98. The Balaban J connectivity index is 3.58. The molecule has 1 fully saturated rings. The van der Waals surface area contributed by atoms with E-state index in [-0.39, 0.29) is 6.42 Å². The third-order valence-electron chi connectivity index (χ3n) is 4.18. The summed E-state index contributed by atoms with van der Waals surface area (Å²) in [6.45, 7) is 6.70. The molecule has 6 heteroatoms. The number of hydrogen-bond donors (Lipinski definition) is 2. The van der Waals surface area contributed by atoms with Crippen LogP contribution in [0.25, 0.3) is 0 Å². The minimum Gasteiger partial charge on any atom is -0.477 e. The zero-order valence-corrected chi connectivity index (χ0v) is 11.6. The molecule has 1 rings (SSSR count). The van der Waals surface area contributed by atoms with Crippen LogP contribution >= 0.6 is 0 Å². The molecule has 0 bridgehead atoms. The van der Waals surface area contributed by atoms with E-state index in [0.29, 0.717) is 6.42 Å². The summed E-state index contributed by atoms with van der Waals surface area (Å²) in [5.74, 6) is -1.10. The number of rotatable bonds is 2. The van der Waals surface area contributed by atoms with Gasteiger partial charge in [-0.2, -0.15) is 9.28 Å². The third kappa shape index (κ3) is 1.55. The van der Waals surface area contributed by atoms with Gasteiger partial charge in [-0.3, -0.25) is 0 Å². The second-order valence-corrected chi connectivity index (χ2v) is 5.98. The molecule has 0 aromatic heterocycles. The zero-order valence-electron chi connectivity index (χ0n) is 11.6. The summed E-state index contributed by atoms with van der Waals surface area (Å²) in [5, 5.41) is 19.2. The van der Waals surface area contributed by atoms with Crippen molar-refractivity contribution in [1.29, 1.82) is 0 Å². The fourth-order valence-electron chi connectivity index (χ4n) is 3.42. The van der Waals surface area contributed by atoms with Gasteiger partial charge in [0.1, 0.15) is 5.54 Å². The average molecular weight is 260 g/mol. The fourth-order valence-corrected chi connectivity index (χ4v) is 3.42. The Morgan fingerprint density at radius 1 is 1.33 bits per heavy atom. The van der Waals surface area contributed by atoms with Gasteiger partial charge in [-0.15, -0.1) is 0 Å². The highest BCUT2D eigenvalue weighted by molar-refractivity contribution is 5.80. The molecule has 6 nitrogen and oxygen atoms in total. The molecule has 0 spiro atoms. The molecule has 2 N–H and O–H groups in total. The van der Waals surface area contributed by atoms with Crippen LogP contribution in [0.2, 0.25) is 0 Å². The first kappa shape index (κ1) is 14.9. The monoisotopic (exact) mass is 260 g/mol. The summed E-state index contributed by atoms with van der Waals surface area (Å²) in [6, 6.07) is 0. The van der Waals surface area contributed by atoms with Gasteiger partial charge in [0, 0.05) is 26.9 Å². The minimum absolute atomic E-state index is 0.282. The predicted molar refractivity (Wildman–Crippen MR) is 64.1 cm³/mol. The summed E-state index contributed by atoms with van der Waals surface area (Å²) in [5.41, 5.74) is -2.17. The quantitative estimate of drug-likeness (QED) is 0.741. The molecule has 0 saturated carbocycles. The number of carbonyl (C=O) groups is 2. The largest absolute Gasteiger partial charge is 0.517 e. The van der Waals surface area contributed by atoms with Crippen LogP contribution in [0.5, 0.6) is 0 Å². The van der Waals surface area contributed by atoms with E-state index in [1.165, 1.54) is 14.0 Å². The van der Waals surface area contributed by atoms with E-state index in [9.17, 15) is 19.8 Å². The molecule has 18 heavy (non-hydrogen) atoms. The number of nitrogens with zero attached hydrogens (tertiary/aromatic N) is 1. The number of carboxylic acid groups (broad SMARTS) is 2. The Labute approximate surface area is 107 Å². The smallest absolute Gasteiger partial charge is 0.477 e. The highest BCUT2D eigenvalue weighted by Crippen LogP contribution is 2.48. The van der Waals surface area contributed by atoms with Crippen LogP contribution in [-0.2, 0) is 9.53 Å². The SMILES string of the molecule is COC1CCC(C)(C(=O)O)[N+]1(C(=O)O)C(C)(C)C. The molecule has 1 saturated heterocycles. The summed E-state index contributed by atoms with van der Waals surface area (Å²) >= 11 is 0. The number of methoxy groups -OCH3 is 1. The van der Waals surface area contributed by atoms with Gasteiger partial charge in [-0.25, -0.2) is 4.79 Å². The minimum atomic E-state index is -1.38. The molecule has 1 amide bonds. The van der Waals surface area contributed by atoms with Crippen molar-refractivity contribution in [3.63, 3.8) is 0 Å². The van der Waals surface area contributed by atoms with Crippen molar-refractivity contribution in [2.75, 3.05) is 7.11 Å². The lowest BCUT2D eigenvalue weighted by molar-refractivity contribution is -0.967. The molecule has 0 aliphatic carbocycles. The Morgan fingerprint density at radius 2 is 1.83 bits per heavy atom. The van der Waals surface area contributed by atoms with Gasteiger partial charge >= 0.3 is 12.1 Å². The summed E-state index contributed by atoms with van der Waals surface area (Å²) in [7, 11) is 1.43. The van der Waals surface area contributed by atoms with E-state index in [1.54, 1.807) is 20.8 Å². The number of likely N-dealkylation sites (tertiary alicyclic amines) is 1. The van der Waals surface area contributed by atoms with Crippen LogP contribution in [0.3, 0.4) is 0 Å². The van der Waals surface area contributed by atoms with E-state index in [4.69, 9.17) is 4.74 Å². The summed E-state index contributed by atoms with van der Waals surface area (Å²) < 4.78 is 4.68. The Kier molecular flexibility index (Phi) is 3.49. The Bertz CT molecular complexity index is 375.